The summed E-state index contributed by atoms with van der Waals surface area (Å²) in [6, 6.07) is 11.0. The Kier molecular flexibility index (Phi) is 6.33. The molecule has 3 nitrogen and oxygen atoms in total. The molecule has 0 aliphatic rings. The Balaban J connectivity index is 1.84. The summed E-state index contributed by atoms with van der Waals surface area (Å²) in [5.74, 6) is 0.895. The van der Waals surface area contributed by atoms with Crippen molar-refractivity contribution < 1.29 is 0 Å². The molecule has 1 heterocycles. The normalized spacial score (nSPS) is 14.1. The number of rotatable bonds is 7. The van der Waals surface area contributed by atoms with Crippen molar-refractivity contribution in [2.24, 2.45) is 5.73 Å². The average Bonchev–Trinajstić information content (AvgIpc) is 2.93. The van der Waals surface area contributed by atoms with Crippen molar-refractivity contribution in [3.05, 3.63) is 46.7 Å². The van der Waals surface area contributed by atoms with Crippen molar-refractivity contribution in [3.63, 3.8) is 0 Å². The number of nitrogens with two attached hydrogens (primary N) is 1. The van der Waals surface area contributed by atoms with Gasteiger partial charge in [-0.15, -0.1) is 11.8 Å². The molecular weight excluding hydrogens is 346 g/mol. The first kappa shape index (κ1) is 16.6. The van der Waals surface area contributed by atoms with Crippen LogP contribution in [0.1, 0.15) is 32.0 Å². The number of aromatic nitrogens is 2. The minimum Gasteiger partial charge on any atom is -0.327 e. The van der Waals surface area contributed by atoms with Gasteiger partial charge in [0, 0.05) is 39.8 Å². The highest BCUT2D eigenvalue weighted by atomic mass is 79.9. The Morgan fingerprint density at radius 2 is 2.19 bits per heavy atom. The van der Waals surface area contributed by atoms with E-state index in [-0.39, 0.29) is 6.04 Å². The molecule has 0 spiro atoms. The van der Waals surface area contributed by atoms with E-state index in [4.69, 9.17) is 5.73 Å². The van der Waals surface area contributed by atoms with Crippen LogP contribution in [0.15, 0.2) is 45.9 Å². The van der Waals surface area contributed by atoms with Crippen molar-refractivity contribution in [2.75, 3.05) is 5.75 Å². The second-order valence-electron chi connectivity index (χ2n) is 5.28. The predicted octanol–water partition coefficient (Wildman–Crippen LogP) is 4.28. The van der Waals surface area contributed by atoms with Gasteiger partial charge in [0.15, 0.2) is 0 Å². The van der Waals surface area contributed by atoms with Crippen LogP contribution >= 0.6 is 27.7 Å². The largest absolute Gasteiger partial charge is 0.327 e. The van der Waals surface area contributed by atoms with Crippen molar-refractivity contribution in [1.82, 2.24) is 9.78 Å². The SMILES string of the molecule is CCC(C)n1ccc(CC(N)CSc2cccc(Br)c2)n1. The van der Waals surface area contributed by atoms with Crippen LogP contribution in [0, 0.1) is 0 Å². The Hall–Kier alpha value is -0.780. The average molecular weight is 368 g/mol. The van der Waals surface area contributed by atoms with Gasteiger partial charge in [-0.3, -0.25) is 4.68 Å². The van der Waals surface area contributed by atoms with Crippen LogP contribution in [0.2, 0.25) is 0 Å². The maximum absolute atomic E-state index is 6.23. The van der Waals surface area contributed by atoms with Gasteiger partial charge in [0.05, 0.1) is 5.69 Å². The lowest BCUT2D eigenvalue weighted by atomic mass is 10.2. The number of hydrogen-bond acceptors (Lipinski definition) is 3. The van der Waals surface area contributed by atoms with Gasteiger partial charge in [-0.1, -0.05) is 28.9 Å². The summed E-state index contributed by atoms with van der Waals surface area (Å²) >= 11 is 5.28. The smallest absolute Gasteiger partial charge is 0.0640 e. The molecule has 2 atom stereocenters. The Bertz CT molecular complexity index is 570. The number of halogens is 1. The molecule has 1 aromatic heterocycles. The molecule has 5 heteroatoms. The molecule has 0 aliphatic carbocycles. The lowest BCUT2D eigenvalue weighted by Gasteiger charge is -2.11. The second-order valence-corrected chi connectivity index (χ2v) is 7.29. The maximum atomic E-state index is 6.23. The van der Waals surface area contributed by atoms with Crippen LogP contribution in [-0.4, -0.2) is 21.6 Å². The van der Waals surface area contributed by atoms with E-state index >= 15 is 0 Å². The zero-order valence-corrected chi connectivity index (χ0v) is 14.9. The van der Waals surface area contributed by atoms with Gasteiger partial charge in [0.2, 0.25) is 0 Å². The molecule has 2 N–H and O–H groups in total. The van der Waals surface area contributed by atoms with Crippen LogP contribution in [0.25, 0.3) is 0 Å². The Morgan fingerprint density at radius 3 is 2.90 bits per heavy atom. The van der Waals surface area contributed by atoms with Gasteiger partial charge in [-0.25, -0.2) is 0 Å². The molecule has 2 rings (SSSR count). The first-order valence-corrected chi connectivity index (χ1v) is 9.04. The van der Waals surface area contributed by atoms with E-state index in [1.165, 1.54) is 4.90 Å². The fourth-order valence-corrected chi connectivity index (χ4v) is 3.47. The molecule has 0 saturated carbocycles. The number of thioether (sulfide) groups is 1. The topological polar surface area (TPSA) is 43.8 Å². The zero-order chi connectivity index (χ0) is 15.2. The second kappa shape index (κ2) is 8.01. The molecular formula is C16H22BrN3S. The third kappa shape index (κ3) is 5.16. The van der Waals surface area contributed by atoms with E-state index in [0.717, 1.165) is 28.8 Å². The predicted molar refractivity (Wildman–Crippen MR) is 93.8 cm³/mol. The number of nitrogens with zero attached hydrogens (tertiary/aromatic N) is 2. The quantitative estimate of drug-likeness (QED) is 0.742. The first-order valence-electron chi connectivity index (χ1n) is 7.26. The summed E-state index contributed by atoms with van der Waals surface area (Å²) in [4.78, 5) is 1.24. The van der Waals surface area contributed by atoms with E-state index in [9.17, 15) is 0 Å². The van der Waals surface area contributed by atoms with Crippen molar-refractivity contribution in [2.45, 2.75) is 43.7 Å². The lowest BCUT2D eigenvalue weighted by molar-refractivity contribution is 0.472. The van der Waals surface area contributed by atoms with E-state index in [1.54, 1.807) is 11.8 Å². The van der Waals surface area contributed by atoms with Crippen LogP contribution in [0.5, 0.6) is 0 Å². The zero-order valence-electron chi connectivity index (χ0n) is 12.5. The fraction of sp³-hybridized carbons (Fsp3) is 0.438. The van der Waals surface area contributed by atoms with E-state index in [1.807, 2.05) is 16.8 Å². The van der Waals surface area contributed by atoms with Gasteiger partial charge in [-0.2, -0.15) is 5.10 Å². The number of hydrogen-bond donors (Lipinski definition) is 1. The summed E-state index contributed by atoms with van der Waals surface area (Å²) in [7, 11) is 0. The molecule has 0 fully saturated rings. The molecule has 0 radical (unpaired) electrons. The molecule has 0 amide bonds. The standard InChI is InChI=1S/C16H22BrN3S/c1-3-12(2)20-8-7-15(19-20)10-14(18)11-21-16-6-4-5-13(17)9-16/h4-9,12,14H,3,10-11,18H2,1-2H3. The molecule has 2 unspecified atom stereocenters. The van der Waals surface area contributed by atoms with Gasteiger partial charge in [-0.05, 0) is 37.6 Å². The van der Waals surface area contributed by atoms with Gasteiger partial charge in [0.1, 0.15) is 0 Å². The summed E-state index contributed by atoms with van der Waals surface area (Å²) in [6.07, 6.45) is 3.97. The number of benzene rings is 1. The van der Waals surface area contributed by atoms with Crippen molar-refractivity contribution in [3.8, 4) is 0 Å². The summed E-state index contributed by atoms with van der Waals surface area (Å²) in [5, 5.41) is 4.61. The van der Waals surface area contributed by atoms with Crippen molar-refractivity contribution in [1.29, 1.82) is 0 Å². The van der Waals surface area contributed by atoms with Crippen LogP contribution in [0.3, 0.4) is 0 Å². The summed E-state index contributed by atoms with van der Waals surface area (Å²) in [6.45, 7) is 4.35. The minimum atomic E-state index is 0.120. The van der Waals surface area contributed by atoms with E-state index in [0.29, 0.717) is 6.04 Å². The highest BCUT2D eigenvalue weighted by molar-refractivity contribution is 9.10. The summed E-state index contributed by atoms with van der Waals surface area (Å²) in [5.41, 5.74) is 7.31. The molecule has 0 aliphatic heterocycles. The molecule has 2 aromatic rings. The third-order valence-electron chi connectivity index (χ3n) is 3.44. The van der Waals surface area contributed by atoms with Gasteiger partial charge >= 0.3 is 0 Å². The third-order valence-corrected chi connectivity index (χ3v) is 5.11. The first-order chi connectivity index (χ1) is 10.1. The molecule has 1 aromatic carbocycles. The minimum absolute atomic E-state index is 0.120. The highest BCUT2D eigenvalue weighted by Gasteiger charge is 2.09. The molecule has 0 saturated heterocycles. The van der Waals surface area contributed by atoms with Crippen LogP contribution in [-0.2, 0) is 6.42 Å². The highest BCUT2D eigenvalue weighted by Crippen LogP contribution is 2.22. The summed E-state index contributed by atoms with van der Waals surface area (Å²) < 4.78 is 3.14. The Morgan fingerprint density at radius 1 is 1.38 bits per heavy atom. The van der Waals surface area contributed by atoms with Crippen LogP contribution < -0.4 is 5.73 Å². The van der Waals surface area contributed by atoms with Crippen molar-refractivity contribution >= 4 is 27.7 Å². The Labute approximate surface area is 139 Å². The van der Waals surface area contributed by atoms with Crippen LogP contribution in [0.4, 0.5) is 0 Å². The van der Waals surface area contributed by atoms with E-state index < -0.39 is 0 Å². The molecule has 0 bridgehead atoms. The lowest BCUT2D eigenvalue weighted by Crippen LogP contribution is -2.25. The van der Waals surface area contributed by atoms with Gasteiger partial charge < -0.3 is 5.73 Å². The maximum Gasteiger partial charge on any atom is 0.0640 e. The van der Waals surface area contributed by atoms with E-state index in [2.05, 4.69) is 59.3 Å². The molecule has 21 heavy (non-hydrogen) atoms. The van der Waals surface area contributed by atoms with Gasteiger partial charge in [0.25, 0.3) is 0 Å². The molecule has 114 valence electrons. The monoisotopic (exact) mass is 367 g/mol. The fourth-order valence-electron chi connectivity index (χ4n) is 2.01.